The molecule has 0 aliphatic heterocycles. The molecule has 2 aromatic carbocycles. The van der Waals surface area contributed by atoms with Crippen LogP contribution in [0.5, 0.6) is 0 Å². The number of rotatable bonds is 10. The molecule has 0 atom stereocenters. The normalized spacial score (nSPS) is 13.4. The van der Waals surface area contributed by atoms with Gasteiger partial charge >= 0.3 is 11.9 Å². The molecule has 0 N–H and O–H groups in total. The number of benzene rings is 2. The van der Waals surface area contributed by atoms with Crippen molar-refractivity contribution < 1.29 is 19.1 Å². The van der Waals surface area contributed by atoms with Gasteiger partial charge in [-0.25, -0.2) is 0 Å². The van der Waals surface area contributed by atoms with Crippen molar-refractivity contribution in [1.82, 2.24) is 0 Å². The summed E-state index contributed by atoms with van der Waals surface area (Å²) in [5, 5.41) is 0. The van der Waals surface area contributed by atoms with Gasteiger partial charge < -0.3 is 9.47 Å². The van der Waals surface area contributed by atoms with Crippen molar-refractivity contribution >= 4 is 11.9 Å². The lowest BCUT2D eigenvalue weighted by Gasteiger charge is -2.30. The molecule has 0 saturated heterocycles. The topological polar surface area (TPSA) is 52.6 Å². The average molecular weight is 395 g/mol. The maximum absolute atomic E-state index is 12.8. The van der Waals surface area contributed by atoms with Gasteiger partial charge in [-0.2, -0.15) is 0 Å². The molecule has 0 heterocycles. The summed E-state index contributed by atoms with van der Waals surface area (Å²) in [4.78, 5) is 25.5. The minimum absolute atomic E-state index is 0.133. The zero-order valence-corrected chi connectivity index (χ0v) is 17.4. The van der Waals surface area contributed by atoms with Gasteiger partial charge in [0.15, 0.2) is 0 Å². The predicted molar refractivity (Wildman–Crippen MR) is 114 cm³/mol. The van der Waals surface area contributed by atoms with Crippen LogP contribution in [0.25, 0.3) is 11.1 Å². The van der Waals surface area contributed by atoms with E-state index in [9.17, 15) is 9.59 Å². The Hall–Kier alpha value is -2.62. The van der Waals surface area contributed by atoms with Gasteiger partial charge in [-0.1, -0.05) is 75.2 Å². The molecule has 4 heteroatoms. The summed E-state index contributed by atoms with van der Waals surface area (Å²) in [6.07, 6.45) is 3.87. The Balaban J connectivity index is 1.97. The molecule has 0 aromatic heterocycles. The Bertz CT molecular complexity index is 784. The third kappa shape index (κ3) is 4.52. The zero-order valence-electron chi connectivity index (χ0n) is 17.4. The van der Waals surface area contributed by atoms with Gasteiger partial charge in [-0.05, 0) is 35.1 Å². The molecule has 1 aliphatic rings. The molecular weight excluding hydrogens is 364 g/mol. The Kier molecular flexibility index (Phi) is 7.08. The van der Waals surface area contributed by atoms with Crippen LogP contribution in [-0.2, 0) is 24.5 Å². The SMILES string of the molecule is CCCCOC(=O)CC1(CC(=O)OCCCC)c2ccccc2-c2ccccc21. The summed E-state index contributed by atoms with van der Waals surface area (Å²) in [5.74, 6) is -0.544. The van der Waals surface area contributed by atoms with Crippen LogP contribution in [0.1, 0.15) is 63.5 Å². The first-order valence-corrected chi connectivity index (χ1v) is 10.6. The second kappa shape index (κ2) is 9.73. The van der Waals surface area contributed by atoms with Gasteiger partial charge in [-0.3, -0.25) is 9.59 Å². The van der Waals surface area contributed by atoms with Crippen molar-refractivity contribution in [3.05, 3.63) is 59.7 Å². The number of esters is 2. The van der Waals surface area contributed by atoms with Crippen molar-refractivity contribution in [1.29, 1.82) is 0 Å². The van der Waals surface area contributed by atoms with Crippen LogP contribution in [0.2, 0.25) is 0 Å². The van der Waals surface area contributed by atoms with Gasteiger partial charge in [-0.15, -0.1) is 0 Å². The van der Waals surface area contributed by atoms with Crippen LogP contribution in [0.4, 0.5) is 0 Å². The molecule has 1 aliphatic carbocycles. The molecule has 2 aromatic rings. The Morgan fingerprint density at radius 3 is 1.55 bits per heavy atom. The molecule has 154 valence electrons. The molecule has 29 heavy (non-hydrogen) atoms. The lowest BCUT2D eigenvalue weighted by Crippen LogP contribution is -2.33. The standard InChI is InChI=1S/C25H30O4/c1-3-5-15-28-23(26)17-25(18-24(27)29-16-6-4-2)21-13-9-7-11-19(21)20-12-8-10-14-22(20)25/h7-14H,3-6,15-18H2,1-2H3. The highest BCUT2D eigenvalue weighted by atomic mass is 16.5. The molecule has 3 rings (SSSR count). The summed E-state index contributed by atoms with van der Waals surface area (Å²) in [7, 11) is 0. The van der Waals surface area contributed by atoms with Crippen molar-refractivity contribution in [2.75, 3.05) is 13.2 Å². The minimum atomic E-state index is -0.750. The van der Waals surface area contributed by atoms with E-state index in [0.29, 0.717) is 13.2 Å². The van der Waals surface area contributed by atoms with Crippen LogP contribution < -0.4 is 0 Å². The van der Waals surface area contributed by atoms with Crippen molar-refractivity contribution in [3.8, 4) is 11.1 Å². The zero-order chi connectivity index (χ0) is 20.7. The minimum Gasteiger partial charge on any atom is -0.466 e. The Morgan fingerprint density at radius 2 is 1.14 bits per heavy atom. The van der Waals surface area contributed by atoms with Crippen LogP contribution in [0.3, 0.4) is 0 Å². The van der Waals surface area contributed by atoms with Gasteiger partial charge in [0.2, 0.25) is 0 Å². The molecule has 4 nitrogen and oxygen atoms in total. The number of fused-ring (bicyclic) bond motifs is 3. The van der Waals surface area contributed by atoms with Crippen molar-refractivity contribution in [2.45, 2.75) is 57.8 Å². The number of ether oxygens (including phenoxy) is 2. The first kappa shape index (κ1) is 21.1. The van der Waals surface area contributed by atoms with Gasteiger partial charge in [0.1, 0.15) is 0 Å². The maximum atomic E-state index is 12.8. The second-order valence-electron chi connectivity index (χ2n) is 7.67. The van der Waals surface area contributed by atoms with E-state index in [1.807, 2.05) is 36.4 Å². The fourth-order valence-electron chi connectivity index (χ4n) is 4.11. The van der Waals surface area contributed by atoms with Gasteiger partial charge in [0.05, 0.1) is 26.1 Å². The van der Waals surface area contributed by atoms with Crippen LogP contribution in [0.15, 0.2) is 48.5 Å². The highest BCUT2D eigenvalue weighted by molar-refractivity contribution is 5.88. The van der Waals surface area contributed by atoms with E-state index in [4.69, 9.17) is 9.47 Å². The number of carbonyl (C=O) groups is 2. The van der Waals surface area contributed by atoms with E-state index >= 15 is 0 Å². The molecule has 0 bridgehead atoms. The summed E-state index contributed by atoms with van der Waals surface area (Å²) in [6, 6.07) is 16.1. The third-order valence-electron chi connectivity index (χ3n) is 5.59. The highest BCUT2D eigenvalue weighted by Gasteiger charge is 2.46. The molecule has 0 unspecified atom stereocenters. The van der Waals surface area contributed by atoms with E-state index in [2.05, 4.69) is 26.0 Å². The monoisotopic (exact) mass is 394 g/mol. The maximum Gasteiger partial charge on any atom is 0.307 e. The number of carbonyl (C=O) groups excluding carboxylic acids is 2. The van der Waals surface area contributed by atoms with E-state index in [0.717, 1.165) is 47.9 Å². The smallest absolute Gasteiger partial charge is 0.307 e. The second-order valence-corrected chi connectivity index (χ2v) is 7.67. The predicted octanol–water partition coefficient (Wildman–Crippen LogP) is 5.42. The fraction of sp³-hybridized carbons (Fsp3) is 0.440. The van der Waals surface area contributed by atoms with Gasteiger partial charge in [0.25, 0.3) is 0 Å². The third-order valence-corrected chi connectivity index (χ3v) is 5.59. The average Bonchev–Trinajstić information content (AvgIpc) is 2.99. The van der Waals surface area contributed by atoms with Crippen LogP contribution in [0, 0.1) is 0 Å². The molecule has 0 fully saturated rings. The number of hydrogen-bond acceptors (Lipinski definition) is 4. The molecule has 0 radical (unpaired) electrons. The Morgan fingerprint density at radius 1 is 0.724 bits per heavy atom. The summed E-state index contributed by atoms with van der Waals surface area (Å²) in [6.45, 7) is 4.95. The summed E-state index contributed by atoms with van der Waals surface area (Å²) < 4.78 is 11.0. The van der Waals surface area contributed by atoms with E-state index in [1.54, 1.807) is 0 Å². The van der Waals surface area contributed by atoms with Gasteiger partial charge in [0, 0.05) is 5.41 Å². The van der Waals surface area contributed by atoms with Crippen LogP contribution in [-0.4, -0.2) is 25.2 Å². The lowest BCUT2D eigenvalue weighted by atomic mass is 9.73. The summed E-state index contributed by atoms with van der Waals surface area (Å²) in [5.41, 5.74) is 3.40. The van der Waals surface area contributed by atoms with E-state index in [1.165, 1.54) is 0 Å². The van der Waals surface area contributed by atoms with Crippen molar-refractivity contribution in [2.24, 2.45) is 0 Å². The summed E-state index contributed by atoms with van der Waals surface area (Å²) >= 11 is 0. The number of unbranched alkanes of at least 4 members (excludes halogenated alkanes) is 2. The molecular formula is C25H30O4. The first-order valence-electron chi connectivity index (χ1n) is 10.6. The number of hydrogen-bond donors (Lipinski definition) is 0. The quantitative estimate of drug-likeness (QED) is 0.399. The molecule has 0 amide bonds. The van der Waals surface area contributed by atoms with Crippen molar-refractivity contribution in [3.63, 3.8) is 0 Å². The van der Waals surface area contributed by atoms with E-state index < -0.39 is 5.41 Å². The fourth-order valence-corrected chi connectivity index (χ4v) is 4.11. The highest BCUT2D eigenvalue weighted by Crippen LogP contribution is 2.52. The largest absolute Gasteiger partial charge is 0.466 e. The lowest BCUT2D eigenvalue weighted by molar-refractivity contribution is -0.147. The molecule has 0 spiro atoms. The Labute approximate surface area is 173 Å². The van der Waals surface area contributed by atoms with E-state index in [-0.39, 0.29) is 24.8 Å². The van der Waals surface area contributed by atoms with Crippen LogP contribution >= 0.6 is 0 Å². The first-order chi connectivity index (χ1) is 14.1. The molecule has 0 saturated carbocycles.